The summed E-state index contributed by atoms with van der Waals surface area (Å²) in [7, 11) is 0. The summed E-state index contributed by atoms with van der Waals surface area (Å²) in [5.74, 6) is 1.92. The predicted molar refractivity (Wildman–Crippen MR) is 78.0 cm³/mol. The number of piperidine rings is 2. The molecule has 1 aromatic rings. The van der Waals surface area contributed by atoms with Crippen LogP contribution in [0.3, 0.4) is 0 Å². The Kier molecular flexibility index (Phi) is 3.57. The van der Waals surface area contributed by atoms with E-state index >= 15 is 0 Å². The van der Waals surface area contributed by atoms with Crippen LogP contribution in [0.5, 0.6) is 0 Å². The Hall–Kier alpha value is -0.610. The zero-order valence-corrected chi connectivity index (χ0v) is 12.4. The van der Waals surface area contributed by atoms with Gasteiger partial charge in [0.2, 0.25) is 0 Å². The van der Waals surface area contributed by atoms with Crippen LogP contribution in [0.1, 0.15) is 24.8 Å². The lowest BCUT2D eigenvalue weighted by Crippen LogP contribution is -2.52. The Morgan fingerprint density at radius 1 is 1.44 bits per heavy atom. The van der Waals surface area contributed by atoms with Gasteiger partial charge in [-0.1, -0.05) is 0 Å². The van der Waals surface area contributed by atoms with Crippen molar-refractivity contribution in [1.29, 1.82) is 0 Å². The molecule has 1 aromatic heterocycles. The lowest BCUT2D eigenvalue weighted by molar-refractivity contribution is 0.244. The molecule has 4 heteroatoms. The fourth-order valence-corrected chi connectivity index (χ4v) is 3.67. The lowest BCUT2D eigenvalue weighted by atomic mass is 9.85. The summed E-state index contributed by atoms with van der Waals surface area (Å²) in [6, 6.07) is 2.79. The number of hydrogen-bond acceptors (Lipinski definition) is 3. The van der Waals surface area contributed by atoms with Crippen molar-refractivity contribution in [2.75, 3.05) is 24.5 Å². The number of halogens is 1. The Balaban J connectivity index is 1.79. The summed E-state index contributed by atoms with van der Waals surface area (Å²) >= 11 is 3.68. The normalized spacial score (nSPS) is 28.0. The minimum absolute atomic E-state index is 0.735. The average Bonchev–Trinajstić information content (AvgIpc) is 2.41. The fraction of sp³-hybridized carbons (Fsp3) is 0.643. The van der Waals surface area contributed by atoms with Gasteiger partial charge in [-0.3, -0.25) is 0 Å². The zero-order valence-electron chi connectivity index (χ0n) is 10.8. The quantitative estimate of drug-likeness (QED) is 0.864. The molecule has 18 heavy (non-hydrogen) atoms. The van der Waals surface area contributed by atoms with Gasteiger partial charge in [0.15, 0.2) is 0 Å². The van der Waals surface area contributed by atoms with E-state index in [4.69, 9.17) is 0 Å². The molecule has 98 valence electrons. The summed E-state index contributed by atoms with van der Waals surface area (Å²) in [4.78, 5) is 7.01. The SMILES string of the molecule is Cc1ccnc(N2CCC3NCCCC3C2)c1Br. The second kappa shape index (κ2) is 5.17. The summed E-state index contributed by atoms with van der Waals surface area (Å²) in [5, 5.41) is 3.66. The molecule has 0 spiro atoms. The van der Waals surface area contributed by atoms with E-state index in [9.17, 15) is 0 Å². The van der Waals surface area contributed by atoms with Gasteiger partial charge >= 0.3 is 0 Å². The molecule has 0 radical (unpaired) electrons. The van der Waals surface area contributed by atoms with Crippen molar-refractivity contribution in [3.8, 4) is 0 Å². The third-order valence-corrected chi connectivity index (χ3v) is 5.24. The minimum atomic E-state index is 0.735. The van der Waals surface area contributed by atoms with Gasteiger partial charge in [-0.05, 0) is 66.2 Å². The Bertz CT molecular complexity index is 435. The zero-order chi connectivity index (χ0) is 12.5. The molecule has 0 bridgehead atoms. The highest BCUT2D eigenvalue weighted by molar-refractivity contribution is 9.10. The van der Waals surface area contributed by atoms with E-state index in [0.29, 0.717) is 0 Å². The van der Waals surface area contributed by atoms with Crippen LogP contribution in [0.4, 0.5) is 5.82 Å². The molecule has 2 fully saturated rings. The lowest BCUT2D eigenvalue weighted by Gasteiger charge is -2.42. The number of fused-ring (bicyclic) bond motifs is 1. The molecule has 2 aliphatic rings. The summed E-state index contributed by atoms with van der Waals surface area (Å²) in [6.07, 6.45) is 5.84. The van der Waals surface area contributed by atoms with Gasteiger partial charge in [0, 0.05) is 25.3 Å². The first-order valence-corrected chi connectivity index (χ1v) is 7.64. The van der Waals surface area contributed by atoms with Gasteiger partial charge in [0.05, 0.1) is 4.47 Å². The van der Waals surface area contributed by atoms with Crippen LogP contribution in [0.15, 0.2) is 16.7 Å². The number of rotatable bonds is 1. The number of aryl methyl sites for hydroxylation is 1. The van der Waals surface area contributed by atoms with E-state index in [1.807, 2.05) is 6.20 Å². The maximum absolute atomic E-state index is 4.56. The molecule has 1 N–H and O–H groups in total. The van der Waals surface area contributed by atoms with Crippen molar-refractivity contribution < 1.29 is 0 Å². The van der Waals surface area contributed by atoms with Gasteiger partial charge in [0.1, 0.15) is 5.82 Å². The highest BCUT2D eigenvalue weighted by Crippen LogP contribution is 2.32. The van der Waals surface area contributed by atoms with Gasteiger partial charge < -0.3 is 10.2 Å². The molecule has 3 nitrogen and oxygen atoms in total. The molecular weight excluding hydrogens is 290 g/mol. The number of aromatic nitrogens is 1. The monoisotopic (exact) mass is 309 g/mol. The maximum atomic E-state index is 4.56. The Labute approximate surface area is 117 Å². The summed E-state index contributed by atoms with van der Waals surface area (Å²) < 4.78 is 1.16. The van der Waals surface area contributed by atoms with Crippen molar-refractivity contribution in [2.24, 2.45) is 5.92 Å². The van der Waals surface area contributed by atoms with Gasteiger partial charge in [-0.2, -0.15) is 0 Å². The molecule has 2 atom stereocenters. The van der Waals surface area contributed by atoms with Crippen molar-refractivity contribution >= 4 is 21.7 Å². The molecule has 0 saturated carbocycles. The topological polar surface area (TPSA) is 28.2 Å². The van der Waals surface area contributed by atoms with Crippen molar-refractivity contribution in [1.82, 2.24) is 10.3 Å². The number of nitrogens with one attached hydrogen (secondary N) is 1. The van der Waals surface area contributed by atoms with Crippen LogP contribution in [0, 0.1) is 12.8 Å². The van der Waals surface area contributed by atoms with Crippen LogP contribution in [-0.2, 0) is 0 Å². The summed E-state index contributed by atoms with van der Waals surface area (Å²) in [5.41, 5.74) is 1.27. The smallest absolute Gasteiger partial charge is 0.143 e. The first-order chi connectivity index (χ1) is 8.75. The van der Waals surface area contributed by atoms with Crippen LogP contribution in [0.2, 0.25) is 0 Å². The Morgan fingerprint density at radius 2 is 2.33 bits per heavy atom. The third-order valence-electron chi connectivity index (χ3n) is 4.26. The maximum Gasteiger partial charge on any atom is 0.143 e. The second-order valence-electron chi connectivity index (χ2n) is 5.46. The first-order valence-electron chi connectivity index (χ1n) is 6.85. The first kappa shape index (κ1) is 12.4. The highest BCUT2D eigenvalue weighted by Gasteiger charge is 2.31. The van der Waals surface area contributed by atoms with Crippen molar-refractivity contribution in [3.05, 3.63) is 22.3 Å². The van der Waals surface area contributed by atoms with E-state index in [0.717, 1.165) is 35.3 Å². The van der Waals surface area contributed by atoms with E-state index in [-0.39, 0.29) is 0 Å². The fourth-order valence-electron chi connectivity index (χ4n) is 3.18. The summed E-state index contributed by atoms with van der Waals surface area (Å²) in [6.45, 7) is 5.59. The molecule has 3 rings (SSSR count). The van der Waals surface area contributed by atoms with Crippen LogP contribution in [-0.4, -0.2) is 30.7 Å². The van der Waals surface area contributed by atoms with Crippen molar-refractivity contribution in [3.63, 3.8) is 0 Å². The number of hydrogen-bond donors (Lipinski definition) is 1. The van der Waals surface area contributed by atoms with Crippen LogP contribution < -0.4 is 10.2 Å². The largest absolute Gasteiger partial charge is 0.355 e. The van der Waals surface area contributed by atoms with Gasteiger partial charge in [-0.25, -0.2) is 4.98 Å². The van der Waals surface area contributed by atoms with Gasteiger partial charge in [0.25, 0.3) is 0 Å². The standard InChI is InChI=1S/C14H20BrN3/c1-10-4-7-17-14(13(10)15)18-8-5-12-11(9-18)3-2-6-16-12/h4,7,11-12,16H,2-3,5-6,8-9H2,1H3. The highest BCUT2D eigenvalue weighted by atomic mass is 79.9. The third kappa shape index (κ3) is 2.28. The number of anilines is 1. The predicted octanol–water partition coefficient (Wildman–Crippen LogP) is 2.73. The van der Waals surface area contributed by atoms with E-state index in [2.05, 4.69) is 44.1 Å². The molecular formula is C14H20BrN3. The second-order valence-corrected chi connectivity index (χ2v) is 6.26. The molecule has 2 unspecified atom stereocenters. The number of nitrogens with zero attached hydrogens (tertiary/aromatic N) is 2. The van der Waals surface area contributed by atoms with Crippen molar-refractivity contribution in [2.45, 2.75) is 32.2 Å². The van der Waals surface area contributed by atoms with E-state index < -0.39 is 0 Å². The molecule has 0 aliphatic carbocycles. The molecule has 0 amide bonds. The average molecular weight is 310 g/mol. The molecule has 0 aromatic carbocycles. The molecule has 2 aliphatic heterocycles. The van der Waals surface area contributed by atoms with Crippen LogP contribution in [0.25, 0.3) is 0 Å². The minimum Gasteiger partial charge on any atom is -0.355 e. The van der Waals surface area contributed by atoms with E-state index in [1.54, 1.807) is 0 Å². The Morgan fingerprint density at radius 3 is 3.22 bits per heavy atom. The number of pyridine rings is 1. The van der Waals surface area contributed by atoms with E-state index in [1.165, 1.54) is 31.4 Å². The molecule has 3 heterocycles. The van der Waals surface area contributed by atoms with Gasteiger partial charge in [-0.15, -0.1) is 0 Å². The van der Waals surface area contributed by atoms with Crippen LogP contribution >= 0.6 is 15.9 Å². The molecule has 2 saturated heterocycles.